The van der Waals surface area contributed by atoms with Gasteiger partial charge in [0.15, 0.2) is 0 Å². The molecule has 0 saturated heterocycles. The van der Waals surface area contributed by atoms with Crippen LogP contribution in [0.2, 0.25) is 0 Å². The van der Waals surface area contributed by atoms with Gasteiger partial charge in [-0.2, -0.15) is 0 Å². The highest BCUT2D eigenvalue weighted by atomic mass is 31.1. The van der Waals surface area contributed by atoms with Crippen LogP contribution in [0.4, 0.5) is 0 Å². The van der Waals surface area contributed by atoms with E-state index in [-0.39, 0.29) is 12.2 Å². The largest absolute Gasteiger partial charge is 0.399 e. The summed E-state index contributed by atoms with van der Waals surface area (Å²) in [5.74, 6) is 0. The lowest BCUT2D eigenvalue weighted by Gasteiger charge is -2.28. The van der Waals surface area contributed by atoms with Crippen molar-refractivity contribution in [1.82, 2.24) is 0 Å². The molecule has 1 aliphatic rings. The van der Waals surface area contributed by atoms with E-state index in [1.165, 1.54) is 0 Å². The second kappa shape index (κ2) is 13.1. The quantitative estimate of drug-likeness (QED) is 0.179. The van der Waals surface area contributed by atoms with Crippen molar-refractivity contribution in [2.45, 2.75) is 37.9 Å². The summed E-state index contributed by atoms with van der Waals surface area (Å²) in [7, 11) is -3.68. The SMILES string of the molecule is c1ccc2c(c1)ccc1op(O[C@@H]3CCCC[C@H]3Op3oc4ccc5ccccc5c4c4c(ccc5ccccc54)o3)oc3ccc4ccccc4c3c12. The van der Waals surface area contributed by atoms with Gasteiger partial charge in [0.2, 0.25) is 0 Å². The van der Waals surface area contributed by atoms with Crippen molar-refractivity contribution in [3.63, 3.8) is 0 Å². The molecule has 0 radical (unpaired) electrons. The van der Waals surface area contributed by atoms with Gasteiger partial charge in [-0.15, -0.1) is 0 Å². The molecule has 0 bridgehead atoms. The minimum Gasteiger partial charge on any atom is -0.399 e. The lowest BCUT2D eigenvalue weighted by atomic mass is 9.95. The molecule has 0 N–H and O–H groups in total. The third-order valence-electron chi connectivity index (χ3n) is 10.8. The van der Waals surface area contributed by atoms with Gasteiger partial charge in [0.1, 0.15) is 34.5 Å². The first-order valence-corrected chi connectivity index (χ1v) is 20.7. The van der Waals surface area contributed by atoms with Gasteiger partial charge in [-0.3, -0.25) is 9.05 Å². The molecule has 0 amide bonds. The van der Waals surface area contributed by atoms with Gasteiger partial charge in [0, 0.05) is 21.5 Å². The summed E-state index contributed by atoms with van der Waals surface area (Å²) in [5.41, 5.74) is 2.98. The Balaban J connectivity index is 1.05. The Labute approximate surface area is 311 Å². The summed E-state index contributed by atoms with van der Waals surface area (Å²) in [6.07, 6.45) is 3.05. The number of hydrogen-bond acceptors (Lipinski definition) is 6. The molecule has 10 aromatic rings. The maximum absolute atomic E-state index is 6.88. The van der Waals surface area contributed by atoms with Crippen LogP contribution in [0, 0.1) is 0 Å². The van der Waals surface area contributed by atoms with Gasteiger partial charge in [0.05, 0.1) is 0 Å². The van der Waals surface area contributed by atoms with Gasteiger partial charge < -0.3 is 16.8 Å². The Bertz CT molecular complexity index is 2760. The van der Waals surface area contributed by atoms with Crippen LogP contribution in [-0.4, -0.2) is 12.2 Å². The molecule has 2 aromatic heterocycles. The fourth-order valence-electron chi connectivity index (χ4n) is 8.31. The number of fused-ring (bicyclic) bond motifs is 14. The van der Waals surface area contributed by atoms with E-state index in [2.05, 4.69) is 121 Å². The Morgan fingerprint density at radius 3 is 0.926 bits per heavy atom. The minimum absolute atomic E-state index is 0.291. The second-order valence-electron chi connectivity index (χ2n) is 14.0. The van der Waals surface area contributed by atoms with E-state index in [1.54, 1.807) is 0 Å². The molecule has 54 heavy (non-hydrogen) atoms. The summed E-state index contributed by atoms with van der Waals surface area (Å²) >= 11 is 0. The molecule has 0 unspecified atom stereocenters. The summed E-state index contributed by atoms with van der Waals surface area (Å²) in [6, 6.07) is 50.3. The number of benzene rings is 8. The zero-order valence-electron chi connectivity index (χ0n) is 29.2. The Morgan fingerprint density at radius 2 is 0.630 bits per heavy atom. The van der Waals surface area contributed by atoms with Crippen molar-refractivity contribution in [2.75, 3.05) is 0 Å². The maximum atomic E-state index is 6.88. The van der Waals surface area contributed by atoms with Crippen molar-refractivity contribution in [2.24, 2.45) is 0 Å². The molecule has 1 fully saturated rings. The van der Waals surface area contributed by atoms with Crippen LogP contribution in [0.25, 0.3) is 87.0 Å². The standard InChI is InChI=1S/C46H34O6P2/c1-5-15-33-29(11-1)21-25-39-43(33)44-34-16-6-2-12-30(34)22-26-40(44)50-53(49-39)47-37-19-9-10-20-38(37)48-54-51-41-27-23-31-13-3-7-17-35(31)45(41)46-36-18-8-4-14-32(36)24-28-42(46)52-54/h1-8,11-18,21-28,37-38H,9-10,19-20H2/t37-,38-/m1/s1. The molecule has 8 heteroatoms. The first-order chi connectivity index (χ1) is 26.7. The van der Waals surface area contributed by atoms with Crippen molar-refractivity contribution >= 4 is 103 Å². The Hall–Kier alpha value is -5.48. The highest BCUT2D eigenvalue weighted by Crippen LogP contribution is 2.44. The molecule has 8 aromatic carbocycles. The van der Waals surface area contributed by atoms with E-state index < -0.39 is 16.5 Å². The van der Waals surface area contributed by atoms with Gasteiger partial charge >= 0.3 is 16.5 Å². The first-order valence-electron chi connectivity index (χ1n) is 18.5. The van der Waals surface area contributed by atoms with E-state index in [0.717, 1.165) is 113 Å². The summed E-state index contributed by atoms with van der Waals surface area (Å²) in [4.78, 5) is 0. The average Bonchev–Trinajstić information content (AvgIpc) is 3.49. The summed E-state index contributed by atoms with van der Waals surface area (Å²) in [6.45, 7) is 0. The highest BCUT2D eigenvalue weighted by Gasteiger charge is 2.31. The molecule has 11 rings (SSSR count). The summed E-state index contributed by atoms with van der Waals surface area (Å²) in [5, 5.41) is 13.1. The lowest BCUT2D eigenvalue weighted by Crippen LogP contribution is -2.37. The molecule has 0 spiro atoms. The molecule has 1 saturated carbocycles. The van der Waals surface area contributed by atoms with Crippen LogP contribution < -0.4 is 9.05 Å². The van der Waals surface area contributed by atoms with Crippen LogP contribution in [-0.2, 0) is 0 Å². The minimum atomic E-state index is -1.84. The van der Waals surface area contributed by atoms with Crippen LogP contribution in [0.3, 0.4) is 0 Å². The van der Waals surface area contributed by atoms with Crippen LogP contribution >= 0.6 is 16.5 Å². The van der Waals surface area contributed by atoms with E-state index >= 15 is 0 Å². The predicted octanol–water partition coefficient (Wildman–Crippen LogP) is 14.4. The van der Waals surface area contributed by atoms with Crippen LogP contribution in [0.5, 0.6) is 0 Å². The lowest BCUT2D eigenvalue weighted by molar-refractivity contribution is 0.0710. The molecule has 0 aliphatic heterocycles. The fraction of sp³-hybridized carbons (Fsp3) is 0.130. The van der Waals surface area contributed by atoms with E-state index in [1.807, 2.05) is 24.3 Å². The van der Waals surface area contributed by atoms with Crippen molar-refractivity contribution in [3.8, 4) is 0 Å². The van der Waals surface area contributed by atoms with Crippen molar-refractivity contribution < 1.29 is 25.8 Å². The molecule has 2 heterocycles. The van der Waals surface area contributed by atoms with Crippen molar-refractivity contribution in [1.29, 1.82) is 0 Å². The van der Waals surface area contributed by atoms with E-state index in [0.29, 0.717) is 0 Å². The molecule has 1 aliphatic carbocycles. The molecule has 6 nitrogen and oxygen atoms in total. The Kier molecular flexibility index (Phi) is 7.78. The van der Waals surface area contributed by atoms with E-state index in [4.69, 9.17) is 25.8 Å². The normalized spacial score (nSPS) is 16.4. The molecule has 264 valence electrons. The van der Waals surface area contributed by atoms with Gasteiger partial charge in [-0.1, -0.05) is 134 Å². The highest BCUT2D eigenvalue weighted by molar-refractivity contribution is 7.32. The molecular formula is C46H34O6P2. The van der Waals surface area contributed by atoms with E-state index in [9.17, 15) is 0 Å². The van der Waals surface area contributed by atoms with Crippen LogP contribution in [0.15, 0.2) is 162 Å². The van der Waals surface area contributed by atoms with Gasteiger partial charge in [-0.05, 0) is 80.2 Å². The van der Waals surface area contributed by atoms with Crippen molar-refractivity contribution in [3.05, 3.63) is 146 Å². The Morgan fingerprint density at radius 1 is 0.352 bits per heavy atom. The topological polar surface area (TPSA) is 71.0 Å². The molecular weight excluding hydrogens is 710 g/mol. The first kappa shape index (κ1) is 32.0. The summed E-state index contributed by atoms with van der Waals surface area (Å²) < 4.78 is 40.7. The van der Waals surface area contributed by atoms with Gasteiger partial charge in [0.25, 0.3) is 0 Å². The smallest absolute Gasteiger partial charge is 0.387 e. The number of rotatable bonds is 4. The monoisotopic (exact) mass is 744 g/mol. The van der Waals surface area contributed by atoms with Crippen LogP contribution in [0.1, 0.15) is 25.7 Å². The number of hydrogen-bond donors (Lipinski definition) is 0. The second-order valence-corrected chi connectivity index (χ2v) is 16.1. The predicted molar refractivity (Wildman–Crippen MR) is 222 cm³/mol. The third kappa shape index (κ3) is 5.41. The maximum Gasteiger partial charge on any atom is 0.387 e. The zero-order valence-corrected chi connectivity index (χ0v) is 31.0. The average molecular weight is 745 g/mol. The molecule has 2 atom stereocenters. The fourth-order valence-corrected chi connectivity index (χ4v) is 10.7. The third-order valence-corrected chi connectivity index (χ3v) is 13.1. The van der Waals surface area contributed by atoms with Gasteiger partial charge in [-0.25, -0.2) is 0 Å². The zero-order chi connectivity index (χ0) is 35.6.